The molecular weight excluding hydrogens is 184 g/mol. The minimum absolute atomic E-state index is 0.104. The van der Waals surface area contributed by atoms with Crippen molar-refractivity contribution in [3.63, 3.8) is 0 Å². The summed E-state index contributed by atoms with van der Waals surface area (Å²) in [5.74, 6) is 0.194. The van der Waals surface area contributed by atoms with Crippen LogP contribution in [0.3, 0.4) is 0 Å². The number of H-pyrrole nitrogens is 1. The summed E-state index contributed by atoms with van der Waals surface area (Å²) in [6.07, 6.45) is 2.21. The molecule has 1 aromatic heterocycles. The van der Waals surface area contributed by atoms with Crippen molar-refractivity contribution in [2.75, 3.05) is 26.3 Å². The van der Waals surface area contributed by atoms with Gasteiger partial charge in [-0.3, -0.25) is 9.89 Å². The van der Waals surface area contributed by atoms with Crippen LogP contribution in [0.25, 0.3) is 0 Å². The first kappa shape index (κ1) is 9.14. The van der Waals surface area contributed by atoms with Crippen LogP contribution in [-0.4, -0.2) is 52.3 Å². The fraction of sp³-hybridized carbons (Fsp3) is 0.625. The number of nitrogens with one attached hydrogen (secondary N) is 1. The van der Waals surface area contributed by atoms with Gasteiger partial charge in [0.05, 0.1) is 6.61 Å². The fourth-order valence-corrected chi connectivity index (χ4v) is 1.41. The number of aromatic nitrogens is 3. The Morgan fingerprint density at radius 1 is 1.50 bits per heavy atom. The molecule has 2 heterocycles. The van der Waals surface area contributed by atoms with E-state index in [1.807, 2.05) is 0 Å². The van der Waals surface area contributed by atoms with Gasteiger partial charge in [0, 0.05) is 19.7 Å². The second kappa shape index (κ2) is 4.19. The highest BCUT2D eigenvalue weighted by Crippen LogP contribution is 2.03. The molecule has 0 bridgehead atoms. The maximum atomic E-state index is 11.8. The van der Waals surface area contributed by atoms with E-state index in [0.717, 1.165) is 19.6 Å². The standard InChI is InChI=1S/C8H12N4O2/c13-8(7-9-6-10-11-7)12-2-1-4-14-5-3-12/h6H,1-5H2,(H,9,10,11). The molecule has 6 heteroatoms. The van der Waals surface area contributed by atoms with Crippen LogP contribution in [0.2, 0.25) is 0 Å². The van der Waals surface area contributed by atoms with Gasteiger partial charge in [-0.1, -0.05) is 0 Å². The highest BCUT2D eigenvalue weighted by Gasteiger charge is 2.19. The highest BCUT2D eigenvalue weighted by atomic mass is 16.5. The van der Waals surface area contributed by atoms with E-state index >= 15 is 0 Å². The molecule has 1 aromatic rings. The number of carbonyl (C=O) groups is 1. The zero-order valence-electron chi connectivity index (χ0n) is 7.77. The van der Waals surface area contributed by atoms with Gasteiger partial charge >= 0.3 is 0 Å². The van der Waals surface area contributed by atoms with Crippen LogP contribution >= 0.6 is 0 Å². The normalized spacial score (nSPS) is 17.9. The molecular formula is C8H12N4O2. The summed E-state index contributed by atoms with van der Waals surface area (Å²) in [5, 5.41) is 6.21. The quantitative estimate of drug-likeness (QED) is 0.667. The Bertz CT molecular complexity index is 290. The zero-order valence-corrected chi connectivity index (χ0v) is 7.77. The van der Waals surface area contributed by atoms with E-state index in [1.165, 1.54) is 6.33 Å². The first-order valence-electron chi connectivity index (χ1n) is 4.60. The molecule has 0 unspecified atom stereocenters. The first-order valence-corrected chi connectivity index (χ1v) is 4.60. The molecule has 0 saturated carbocycles. The molecule has 0 radical (unpaired) electrons. The van der Waals surface area contributed by atoms with Crippen molar-refractivity contribution in [1.82, 2.24) is 20.1 Å². The third-order valence-corrected chi connectivity index (χ3v) is 2.13. The van der Waals surface area contributed by atoms with Crippen molar-refractivity contribution >= 4 is 5.91 Å². The van der Waals surface area contributed by atoms with Crippen LogP contribution in [0.15, 0.2) is 6.33 Å². The van der Waals surface area contributed by atoms with E-state index in [1.54, 1.807) is 4.90 Å². The van der Waals surface area contributed by atoms with E-state index in [2.05, 4.69) is 15.2 Å². The summed E-state index contributed by atoms with van der Waals surface area (Å²) >= 11 is 0. The minimum Gasteiger partial charge on any atom is -0.380 e. The Balaban J connectivity index is 2.03. The lowest BCUT2D eigenvalue weighted by atomic mass is 10.4. The number of rotatable bonds is 1. The van der Waals surface area contributed by atoms with Gasteiger partial charge < -0.3 is 9.64 Å². The number of aromatic amines is 1. The summed E-state index contributed by atoms with van der Waals surface area (Å²) in [6, 6.07) is 0. The smallest absolute Gasteiger partial charge is 0.291 e. The predicted molar refractivity (Wildman–Crippen MR) is 47.7 cm³/mol. The highest BCUT2D eigenvalue weighted by molar-refractivity contribution is 5.90. The number of ether oxygens (including phenoxy) is 1. The van der Waals surface area contributed by atoms with E-state index in [-0.39, 0.29) is 5.91 Å². The minimum atomic E-state index is -0.104. The van der Waals surface area contributed by atoms with Gasteiger partial charge in [-0.25, -0.2) is 4.98 Å². The van der Waals surface area contributed by atoms with Crippen LogP contribution in [-0.2, 0) is 4.74 Å². The topological polar surface area (TPSA) is 71.1 Å². The summed E-state index contributed by atoms with van der Waals surface area (Å²) in [6.45, 7) is 2.67. The maximum absolute atomic E-state index is 11.8. The summed E-state index contributed by atoms with van der Waals surface area (Å²) in [5.41, 5.74) is 0. The van der Waals surface area contributed by atoms with Crippen molar-refractivity contribution in [3.05, 3.63) is 12.2 Å². The first-order chi connectivity index (χ1) is 6.88. The molecule has 1 aliphatic rings. The van der Waals surface area contributed by atoms with Gasteiger partial charge in [0.1, 0.15) is 6.33 Å². The van der Waals surface area contributed by atoms with Crippen LogP contribution in [0, 0.1) is 0 Å². The molecule has 0 aromatic carbocycles. The average Bonchev–Trinajstić information content (AvgIpc) is 2.59. The zero-order chi connectivity index (χ0) is 9.80. The average molecular weight is 196 g/mol. The predicted octanol–water partition coefficient (Wildman–Crippen LogP) is -0.333. The Morgan fingerprint density at radius 2 is 2.43 bits per heavy atom. The molecule has 2 rings (SSSR count). The maximum Gasteiger partial charge on any atom is 0.291 e. The Kier molecular flexibility index (Phi) is 2.73. The molecule has 1 N–H and O–H groups in total. The Hall–Kier alpha value is -1.43. The third kappa shape index (κ3) is 1.90. The van der Waals surface area contributed by atoms with Gasteiger partial charge in [-0.05, 0) is 6.42 Å². The number of hydrogen-bond acceptors (Lipinski definition) is 4. The molecule has 0 aliphatic carbocycles. The van der Waals surface area contributed by atoms with E-state index in [9.17, 15) is 4.79 Å². The fourth-order valence-electron chi connectivity index (χ4n) is 1.41. The lowest BCUT2D eigenvalue weighted by Crippen LogP contribution is -2.33. The second-order valence-corrected chi connectivity index (χ2v) is 3.09. The molecule has 0 spiro atoms. The molecule has 14 heavy (non-hydrogen) atoms. The van der Waals surface area contributed by atoms with Gasteiger partial charge in [0.15, 0.2) is 0 Å². The largest absolute Gasteiger partial charge is 0.380 e. The van der Waals surface area contributed by atoms with Crippen molar-refractivity contribution in [3.8, 4) is 0 Å². The van der Waals surface area contributed by atoms with Crippen molar-refractivity contribution in [2.24, 2.45) is 0 Å². The van der Waals surface area contributed by atoms with Gasteiger partial charge in [-0.15, -0.1) is 0 Å². The van der Waals surface area contributed by atoms with E-state index in [0.29, 0.717) is 19.0 Å². The summed E-state index contributed by atoms with van der Waals surface area (Å²) in [4.78, 5) is 17.3. The lowest BCUT2D eigenvalue weighted by Gasteiger charge is -2.17. The number of hydrogen-bond donors (Lipinski definition) is 1. The van der Waals surface area contributed by atoms with Gasteiger partial charge in [0.25, 0.3) is 5.91 Å². The van der Waals surface area contributed by atoms with E-state index < -0.39 is 0 Å². The number of nitrogens with zero attached hydrogens (tertiary/aromatic N) is 3. The molecule has 0 atom stereocenters. The van der Waals surface area contributed by atoms with Gasteiger partial charge in [-0.2, -0.15) is 5.10 Å². The molecule has 1 aliphatic heterocycles. The summed E-state index contributed by atoms with van der Waals surface area (Å²) in [7, 11) is 0. The monoisotopic (exact) mass is 196 g/mol. The summed E-state index contributed by atoms with van der Waals surface area (Å²) < 4.78 is 5.25. The third-order valence-electron chi connectivity index (χ3n) is 2.13. The van der Waals surface area contributed by atoms with Gasteiger partial charge in [0.2, 0.25) is 5.82 Å². The van der Waals surface area contributed by atoms with Crippen molar-refractivity contribution < 1.29 is 9.53 Å². The molecule has 6 nitrogen and oxygen atoms in total. The molecule has 1 fully saturated rings. The molecule has 76 valence electrons. The Morgan fingerprint density at radius 3 is 3.21 bits per heavy atom. The number of carbonyl (C=O) groups excluding carboxylic acids is 1. The van der Waals surface area contributed by atoms with Crippen LogP contribution in [0.4, 0.5) is 0 Å². The second-order valence-electron chi connectivity index (χ2n) is 3.09. The Labute approximate surface area is 81.3 Å². The van der Waals surface area contributed by atoms with Crippen molar-refractivity contribution in [2.45, 2.75) is 6.42 Å². The van der Waals surface area contributed by atoms with Crippen LogP contribution in [0.5, 0.6) is 0 Å². The number of amides is 1. The molecule has 1 saturated heterocycles. The van der Waals surface area contributed by atoms with Crippen LogP contribution < -0.4 is 0 Å². The van der Waals surface area contributed by atoms with Crippen molar-refractivity contribution in [1.29, 1.82) is 0 Å². The SMILES string of the molecule is O=C(c1ncn[nH]1)N1CCCOCC1. The molecule has 1 amide bonds. The van der Waals surface area contributed by atoms with Crippen LogP contribution in [0.1, 0.15) is 17.0 Å². The lowest BCUT2D eigenvalue weighted by molar-refractivity contribution is 0.0730. The van der Waals surface area contributed by atoms with E-state index in [4.69, 9.17) is 4.74 Å².